The fraction of sp³-hybridized carbons (Fsp3) is 0.0968. The molecule has 35 heavy (non-hydrogen) atoms. The number of hydrogen-bond acceptors (Lipinski definition) is 3. The topological polar surface area (TPSA) is 35.0 Å². The summed E-state index contributed by atoms with van der Waals surface area (Å²) >= 11 is 0. The standard InChI is InChI=1S/C31H26N2OSi/c1-21-15-17-32-30(18-21)35(3)28-12-5-4-11-26(28)27-14-13-24(20-29(27)35)23-9-6-10-25(19-23)34-31-22(2)8-7-16-33-31/h4-20H,1-3H3. The van der Waals surface area contributed by atoms with Gasteiger partial charge >= 0.3 is 0 Å². The summed E-state index contributed by atoms with van der Waals surface area (Å²) < 4.78 is 6.13. The molecule has 6 rings (SSSR count). The summed E-state index contributed by atoms with van der Waals surface area (Å²) in [6.45, 7) is 6.59. The molecule has 1 aliphatic heterocycles. The maximum atomic E-state index is 6.13. The Hall–Kier alpha value is -4.02. The Kier molecular flexibility index (Phi) is 5.12. The van der Waals surface area contributed by atoms with Crippen molar-refractivity contribution in [3.05, 3.63) is 115 Å². The molecule has 170 valence electrons. The molecule has 0 spiro atoms. The molecular weight excluding hydrogens is 444 g/mol. The van der Waals surface area contributed by atoms with Crippen LogP contribution < -0.4 is 20.4 Å². The number of nitrogens with zero attached hydrogens (tertiary/aromatic N) is 2. The predicted octanol–water partition coefficient (Wildman–Crippen LogP) is 5.63. The number of hydrogen-bond donors (Lipinski definition) is 0. The summed E-state index contributed by atoms with van der Waals surface area (Å²) in [5.74, 6) is 1.42. The van der Waals surface area contributed by atoms with E-state index in [9.17, 15) is 0 Å². The molecule has 3 aromatic carbocycles. The van der Waals surface area contributed by atoms with Gasteiger partial charge in [-0.2, -0.15) is 0 Å². The second-order valence-corrected chi connectivity index (χ2v) is 13.2. The van der Waals surface area contributed by atoms with E-state index in [4.69, 9.17) is 9.72 Å². The van der Waals surface area contributed by atoms with Crippen LogP contribution in [0.4, 0.5) is 0 Å². The normalized spacial score (nSPS) is 16.0. The molecule has 0 aliphatic carbocycles. The number of aromatic nitrogens is 2. The molecule has 2 aromatic heterocycles. The Labute approximate surface area is 207 Å². The number of pyridine rings is 2. The molecule has 0 fully saturated rings. The van der Waals surface area contributed by atoms with Gasteiger partial charge in [0.2, 0.25) is 5.88 Å². The van der Waals surface area contributed by atoms with Crippen molar-refractivity contribution < 1.29 is 4.74 Å². The van der Waals surface area contributed by atoms with Gasteiger partial charge in [0.25, 0.3) is 0 Å². The molecule has 4 heteroatoms. The van der Waals surface area contributed by atoms with E-state index in [0.717, 1.165) is 16.9 Å². The van der Waals surface area contributed by atoms with E-state index in [1.807, 2.05) is 37.4 Å². The van der Waals surface area contributed by atoms with Crippen molar-refractivity contribution in [2.75, 3.05) is 0 Å². The molecule has 0 amide bonds. The zero-order chi connectivity index (χ0) is 24.0. The van der Waals surface area contributed by atoms with Crippen LogP contribution in [0.15, 0.2) is 103 Å². The lowest BCUT2D eigenvalue weighted by Crippen LogP contribution is -2.63. The first kappa shape index (κ1) is 21.5. The molecule has 1 unspecified atom stereocenters. The van der Waals surface area contributed by atoms with Gasteiger partial charge in [-0.1, -0.05) is 67.2 Å². The summed E-state index contributed by atoms with van der Waals surface area (Å²) in [7, 11) is -2.23. The van der Waals surface area contributed by atoms with Crippen LogP contribution in [0.5, 0.6) is 11.6 Å². The van der Waals surface area contributed by atoms with Crippen LogP contribution in [0, 0.1) is 13.8 Å². The minimum absolute atomic E-state index is 0.638. The maximum Gasteiger partial charge on any atom is 0.222 e. The maximum absolute atomic E-state index is 6.13. The van der Waals surface area contributed by atoms with Crippen LogP contribution in [-0.4, -0.2) is 18.0 Å². The van der Waals surface area contributed by atoms with Gasteiger partial charge in [-0.3, -0.25) is 4.98 Å². The van der Waals surface area contributed by atoms with Gasteiger partial charge < -0.3 is 4.74 Å². The van der Waals surface area contributed by atoms with E-state index in [1.54, 1.807) is 6.20 Å². The van der Waals surface area contributed by atoms with Gasteiger partial charge in [0, 0.05) is 23.3 Å². The minimum Gasteiger partial charge on any atom is -0.439 e. The first-order valence-corrected chi connectivity index (χ1v) is 14.4. The van der Waals surface area contributed by atoms with Crippen LogP contribution >= 0.6 is 0 Å². The summed E-state index contributed by atoms with van der Waals surface area (Å²) in [6, 6.07) is 32.3. The van der Waals surface area contributed by atoms with Crippen LogP contribution in [0.25, 0.3) is 22.3 Å². The molecule has 0 saturated heterocycles. The number of benzene rings is 3. The summed E-state index contributed by atoms with van der Waals surface area (Å²) in [5.41, 5.74) is 7.25. The number of ether oxygens (including phenoxy) is 1. The van der Waals surface area contributed by atoms with Gasteiger partial charge in [-0.15, -0.1) is 0 Å². The fourth-order valence-electron chi connectivity index (χ4n) is 5.19. The Bertz CT molecular complexity index is 1580. The molecule has 0 N–H and O–H groups in total. The van der Waals surface area contributed by atoms with Crippen molar-refractivity contribution in [3.8, 4) is 33.9 Å². The third-order valence-electron chi connectivity index (χ3n) is 7.09. The highest BCUT2D eigenvalue weighted by Crippen LogP contribution is 2.33. The highest BCUT2D eigenvalue weighted by Gasteiger charge is 2.44. The third-order valence-corrected chi connectivity index (χ3v) is 11.4. The Morgan fingerprint density at radius 3 is 2.34 bits per heavy atom. The molecule has 0 bridgehead atoms. The molecule has 3 heterocycles. The first-order valence-electron chi connectivity index (χ1n) is 11.9. The van der Waals surface area contributed by atoms with Gasteiger partial charge in [-0.25, -0.2) is 4.98 Å². The second-order valence-electron chi connectivity index (χ2n) is 9.40. The summed E-state index contributed by atoms with van der Waals surface area (Å²) in [4.78, 5) is 9.28. The summed E-state index contributed by atoms with van der Waals surface area (Å²) in [5, 5.41) is 4.07. The van der Waals surface area contributed by atoms with Crippen LogP contribution in [-0.2, 0) is 0 Å². The second kappa shape index (κ2) is 8.33. The highest BCUT2D eigenvalue weighted by molar-refractivity contribution is 7.13. The van der Waals surface area contributed by atoms with E-state index in [0.29, 0.717) is 5.88 Å². The lowest BCUT2D eigenvalue weighted by Gasteiger charge is -2.25. The van der Waals surface area contributed by atoms with E-state index in [-0.39, 0.29) is 0 Å². The van der Waals surface area contributed by atoms with Gasteiger partial charge in [0.05, 0.1) is 0 Å². The van der Waals surface area contributed by atoms with Crippen molar-refractivity contribution in [2.45, 2.75) is 20.4 Å². The molecule has 0 radical (unpaired) electrons. The predicted molar refractivity (Wildman–Crippen MR) is 146 cm³/mol. The Morgan fingerprint density at radius 2 is 1.49 bits per heavy atom. The Balaban J connectivity index is 1.47. The third kappa shape index (κ3) is 3.58. The molecular formula is C31H26N2OSi. The smallest absolute Gasteiger partial charge is 0.222 e. The lowest BCUT2D eigenvalue weighted by molar-refractivity contribution is 0.459. The zero-order valence-corrected chi connectivity index (χ0v) is 21.1. The first-order chi connectivity index (χ1) is 17.0. The quantitative estimate of drug-likeness (QED) is 0.319. The van der Waals surface area contributed by atoms with Gasteiger partial charge in [-0.05, 0) is 82.4 Å². The molecule has 0 saturated carbocycles. The van der Waals surface area contributed by atoms with E-state index < -0.39 is 8.07 Å². The molecule has 1 aliphatic rings. The lowest BCUT2D eigenvalue weighted by atomic mass is 10.0. The van der Waals surface area contributed by atoms with Gasteiger partial charge in [0.1, 0.15) is 5.75 Å². The number of aryl methyl sites for hydroxylation is 2. The average Bonchev–Trinajstić information content (AvgIpc) is 3.15. The van der Waals surface area contributed by atoms with Crippen LogP contribution in [0.2, 0.25) is 6.55 Å². The van der Waals surface area contributed by atoms with Crippen molar-refractivity contribution in [2.24, 2.45) is 0 Å². The number of rotatable bonds is 4. The fourth-order valence-corrected chi connectivity index (χ4v) is 9.26. The largest absolute Gasteiger partial charge is 0.439 e. The van der Waals surface area contributed by atoms with Crippen molar-refractivity contribution in [3.63, 3.8) is 0 Å². The summed E-state index contributed by atoms with van der Waals surface area (Å²) in [6.07, 6.45) is 3.71. The van der Waals surface area contributed by atoms with Crippen molar-refractivity contribution in [1.82, 2.24) is 9.97 Å². The van der Waals surface area contributed by atoms with Crippen LogP contribution in [0.3, 0.4) is 0 Å². The molecule has 5 aromatic rings. The molecule has 3 nitrogen and oxygen atoms in total. The van der Waals surface area contributed by atoms with Crippen molar-refractivity contribution in [1.29, 1.82) is 0 Å². The van der Waals surface area contributed by atoms with Crippen LogP contribution in [0.1, 0.15) is 11.1 Å². The highest BCUT2D eigenvalue weighted by atomic mass is 28.3. The number of fused-ring (bicyclic) bond motifs is 3. The zero-order valence-electron chi connectivity index (χ0n) is 20.1. The SMILES string of the molecule is Cc1ccnc([Si]2(C)c3ccccc3-c3ccc(-c4cccc(Oc5ncccc5C)c4)cc32)c1. The Morgan fingerprint density at radius 1 is 0.657 bits per heavy atom. The van der Waals surface area contributed by atoms with E-state index in [1.165, 1.54) is 37.9 Å². The monoisotopic (exact) mass is 470 g/mol. The average molecular weight is 471 g/mol. The van der Waals surface area contributed by atoms with Crippen molar-refractivity contribution >= 4 is 23.8 Å². The van der Waals surface area contributed by atoms with E-state index >= 15 is 0 Å². The van der Waals surface area contributed by atoms with E-state index in [2.05, 4.69) is 85.2 Å². The molecule has 1 atom stereocenters. The minimum atomic E-state index is -2.23. The van der Waals surface area contributed by atoms with Gasteiger partial charge in [0.15, 0.2) is 8.07 Å².